The van der Waals surface area contributed by atoms with Crippen molar-refractivity contribution in [3.05, 3.63) is 61.0 Å². The lowest BCUT2D eigenvalue weighted by atomic mass is 10.1. The van der Waals surface area contributed by atoms with Crippen LogP contribution in [0.5, 0.6) is 0 Å². The molecule has 0 aliphatic rings. The number of halogens is 2. The summed E-state index contributed by atoms with van der Waals surface area (Å²) in [4.78, 5) is 13.5. The van der Waals surface area contributed by atoms with Crippen LogP contribution in [-0.4, -0.2) is 15.0 Å². The third kappa shape index (κ3) is 3.41. The topological polar surface area (TPSA) is 38.7 Å². The van der Waals surface area contributed by atoms with Crippen LogP contribution >= 0.6 is 45.5 Å². The summed E-state index contributed by atoms with van der Waals surface area (Å²) in [7, 11) is 0. The molecule has 0 spiro atoms. The van der Waals surface area contributed by atoms with Gasteiger partial charge in [0.25, 0.3) is 0 Å². The average molecular weight is 428 g/mol. The average Bonchev–Trinajstić information content (AvgIpc) is 2.89. The first kappa shape index (κ1) is 14.9. The summed E-state index contributed by atoms with van der Waals surface area (Å²) >= 11 is 10.1. The van der Waals surface area contributed by atoms with Crippen LogP contribution in [0.15, 0.2) is 35.7 Å². The molecule has 0 amide bonds. The number of aryl methyl sites for hydroxylation is 1. The van der Waals surface area contributed by atoms with Gasteiger partial charge in [-0.1, -0.05) is 41.9 Å². The highest BCUT2D eigenvalue weighted by Gasteiger charge is 2.13. The molecule has 0 aliphatic carbocycles. The number of rotatable bonds is 3. The molecule has 0 saturated carbocycles. The van der Waals surface area contributed by atoms with E-state index in [2.05, 4.69) is 37.5 Å². The van der Waals surface area contributed by atoms with E-state index in [0.29, 0.717) is 17.4 Å². The fourth-order valence-electron chi connectivity index (χ4n) is 1.98. The smallest absolute Gasteiger partial charge is 0.146 e. The van der Waals surface area contributed by atoms with E-state index in [1.54, 1.807) is 11.3 Å². The molecular formula is C15H11ClIN3S. The fourth-order valence-corrected chi connectivity index (χ4v) is 3.33. The Labute approximate surface area is 145 Å². The van der Waals surface area contributed by atoms with Crippen LogP contribution in [0.3, 0.4) is 0 Å². The maximum atomic E-state index is 6.26. The molecule has 106 valence electrons. The zero-order chi connectivity index (χ0) is 14.8. The predicted octanol–water partition coefficient (Wildman–Crippen LogP) is 4.76. The van der Waals surface area contributed by atoms with Gasteiger partial charge in [-0.25, -0.2) is 15.0 Å². The maximum Gasteiger partial charge on any atom is 0.146 e. The van der Waals surface area contributed by atoms with E-state index in [9.17, 15) is 0 Å². The lowest BCUT2D eigenvalue weighted by molar-refractivity contribution is 0.939. The van der Waals surface area contributed by atoms with Crippen LogP contribution in [0.25, 0.3) is 11.3 Å². The van der Waals surface area contributed by atoms with Crippen LogP contribution < -0.4 is 0 Å². The van der Waals surface area contributed by atoms with Crippen molar-refractivity contribution in [2.75, 3.05) is 0 Å². The molecule has 21 heavy (non-hydrogen) atoms. The first-order valence-corrected chi connectivity index (χ1v) is 8.65. The van der Waals surface area contributed by atoms with Gasteiger partial charge in [0.2, 0.25) is 0 Å². The van der Waals surface area contributed by atoms with Gasteiger partial charge < -0.3 is 0 Å². The molecule has 1 aromatic carbocycles. The number of hydrogen-bond donors (Lipinski definition) is 0. The Balaban J connectivity index is 2.01. The van der Waals surface area contributed by atoms with Crippen molar-refractivity contribution >= 4 is 45.5 Å². The standard InChI is InChI=1S/C15H11ClIN3S/c1-9-18-11(8-21-9)7-12-19-14(13(17)15(16)20-12)10-5-3-2-4-6-10/h2-6,8H,7H2,1H3. The van der Waals surface area contributed by atoms with Gasteiger partial charge in [-0.15, -0.1) is 11.3 Å². The summed E-state index contributed by atoms with van der Waals surface area (Å²) in [5.41, 5.74) is 2.90. The predicted molar refractivity (Wildman–Crippen MR) is 94.9 cm³/mol. The van der Waals surface area contributed by atoms with E-state index in [1.165, 1.54) is 0 Å². The van der Waals surface area contributed by atoms with E-state index < -0.39 is 0 Å². The molecule has 0 saturated heterocycles. The summed E-state index contributed by atoms with van der Waals surface area (Å²) in [6, 6.07) is 10.0. The molecule has 3 aromatic rings. The molecule has 0 aliphatic heterocycles. The third-order valence-corrected chi connectivity index (χ3v) is 5.35. The summed E-state index contributed by atoms with van der Waals surface area (Å²) < 4.78 is 0.874. The van der Waals surface area contributed by atoms with E-state index >= 15 is 0 Å². The lowest BCUT2D eigenvalue weighted by Crippen LogP contribution is -2.02. The molecule has 2 heterocycles. The fraction of sp³-hybridized carbons (Fsp3) is 0.133. The Hall–Kier alpha value is -1.05. The molecule has 0 N–H and O–H groups in total. The molecule has 2 aromatic heterocycles. The first-order chi connectivity index (χ1) is 10.1. The van der Waals surface area contributed by atoms with Crippen molar-refractivity contribution in [2.24, 2.45) is 0 Å². The van der Waals surface area contributed by atoms with Gasteiger partial charge in [0.05, 0.1) is 26.4 Å². The second-order valence-corrected chi connectivity index (χ2v) is 6.99. The lowest BCUT2D eigenvalue weighted by Gasteiger charge is -2.08. The van der Waals surface area contributed by atoms with Crippen LogP contribution in [0, 0.1) is 10.5 Å². The van der Waals surface area contributed by atoms with Crippen LogP contribution in [-0.2, 0) is 6.42 Å². The zero-order valence-corrected chi connectivity index (χ0v) is 14.9. The minimum Gasteiger partial charge on any atom is -0.246 e. The van der Waals surface area contributed by atoms with Crippen molar-refractivity contribution in [2.45, 2.75) is 13.3 Å². The number of hydrogen-bond acceptors (Lipinski definition) is 4. The van der Waals surface area contributed by atoms with Crippen molar-refractivity contribution in [3.8, 4) is 11.3 Å². The van der Waals surface area contributed by atoms with Crippen LogP contribution in [0.2, 0.25) is 5.15 Å². The summed E-state index contributed by atoms with van der Waals surface area (Å²) in [5, 5.41) is 3.57. The molecule has 0 radical (unpaired) electrons. The molecule has 3 rings (SSSR count). The summed E-state index contributed by atoms with van der Waals surface area (Å²) in [5.74, 6) is 0.699. The first-order valence-electron chi connectivity index (χ1n) is 6.32. The minimum atomic E-state index is 0.492. The summed E-state index contributed by atoms with van der Waals surface area (Å²) in [6.45, 7) is 1.99. The monoisotopic (exact) mass is 427 g/mol. The molecule has 0 fully saturated rings. The minimum absolute atomic E-state index is 0.492. The number of nitrogens with zero attached hydrogens (tertiary/aromatic N) is 3. The number of benzene rings is 1. The van der Waals surface area contributed by atoms with Crippen molar-refractivity contribution in [3.63, 3.8) is 0 Å². The molecular weight excluding hydrogens is 417 g/mol. The van der Waals surface area contributed by atoms with Gasteiger partial charge in [-0.3, -0.25) is 0 Å². The van der Waals surface area contributed by atoms with Gasteiger partial charge in [0.15, 0.2) is 0 Å². The largest absolute Gasteiger partial charge is 0.246 e. The Kier molecular flexibility index (Phi) is 4.51. The second kappa shape index (κ2) is 6.37. The van der Waals surface area contributed by atoms with Gasteiger partial charge >= 0.3 is 0 Å². The molecule has 0 bridgehead atoms. The third-order valence-electron chi connectivity index (χ3n) is 2.91. The van der Waals surface area contributed by atoms with Crippen molar-refractivity contribution < 1.29 is 0 Å². The molecule has 0 unspecified atom stereocenters. The van der Waals surface area contributed by atoms with E-state index in [-0.39, 0.29) is 0 Å². The Morgan fingerprint density at radius 3 is 2.57 bits per heavy atom. The highest BCUT2D eigenvalue weighted by molar-refractivity contribution is 14.1. The Morgan fingerprint density at radius 1 is 1.14 bits per heavy atom. The van der Waals surface area contributed by atoms with E-state index in [0.717, 1.165) is 25.5 Å². The van der Waals surface area contributed by atoms with Gasteiger partial charge in [0, 0.05) is 10.9 Å². The zero-order valence-electron chi connectivity index (χ0n) is 11.2. The quantitative estimate of drug-likeness (QED) is 0.447. The van der Waals surface area contributed by atoms with Crippen LogP contribution in [0.4, 0.5) is 0 Å². The Morgan fingerprint density at radius 2 is 1.90 bits per heavy atom. The second-order valence-electron chi connectivity index (χ2n) is 4.49. The molecule has 6 heteroatoms. The SMILES string of the molecule is Cc1nc(Cc2nc(Cl)c(I)c(-c3ccccc3)n2)cs1. The number of aromatic nitrogens is 3. The number of thiazole rings is 1. The van der Waals surface area contributed by atoms with Crippen molar-refractivity contribution in [1.82, 2.24) is 15.0 Å². The van der Waals surface area contributed by atoms with Crippen molar-refractivity contribution in [1.29, 1.82) is 0 Å². The van der Waals surface area contributed by atoms with Gasteiger partial charge in [-0.2, -0.15) is 0 Å². The normalized spacial score (nSPS) is 10.8. The highest BCUT2D eigenvalue weighted by Crippen LogP contribution is 2.28. The van der Waals surface area contributed by atoms with Crippen LogP contribution in [0.1, 0.15) is 16.5 Å². The molecule has 0 atom stereocenters. The summed E-state index contributed by atoms with van der Waals surface area (Å²) in [6.07, 6.45) is 0.598. The molecule has 3 nitrogen and oxygen atoms in total. The highest BCUT2D eigenvalue weighted by atomic mass is 127. The van der Waals surface area contributed by atoms with E-state index in [1.807, 2.05) is 42.6 Å². The van der Waals surface area contributed by atoms with E-state index in [4.69, 9.17) is 11.6 Å². The van der Waals surface area contributed by atoms with Gasteiger partial charge in [0.1, 0.15) is 11.0 Å². The maximum absolute atomic E-state index is 6.26. The Bertz CT molecular complexity index is 774. The van der Waals surface area contributed by atoms with Gasteiger partial charge in [-0.05, 0) is 29.5 Å².